The van der Waals surface area contributed by atoms with E-state index in [0.717, 1.165) is 41.6 Å². The highest BCUT2D eigenvalue weighted by Gasteiger charge is 2.48. The van der Waals surface area contributed by atoms with Crippen molar-refractivity contribution >= 4 is 18.0 Å². The van der Waals surface area contributed by atoms with Gasteiger partial charge in [0, 0.05) is 32.1 Å². The van der Waals surface area contributed by atoms with Gasteiger partial charge in [-0.2, -0.15) is 0 Å². The molecule has 218 valence electrons. The lowest BCUT2D eigenvalue weighted by Crippen LogP contribution is -2.66. The molecule has 2 amide bonds. The Bertz CT molecular complexity index is 1400. The van der Waals surface area contributed by atoms with Crippen LogP contribution in [0, 0.1) is 0 Å². The van der Waals surface area contributed by atoms with E-state index < -0.39 is 23.6 Å². The lowest BCUT2D eigenvalue weighted by atomic mass is 9.84. The predicted octanol–water partition coefficient (Wildman–Crippen LogP) is 5.03. The van der Waals surface area contributed by atoms with Crippen LogP contribution in [0.3, 0.4) is 0 Å². The molecule has 42 heavy (non-hydrogen) atoms. The van der Waals surface area contributed by atoms with Crippen molar-refractivity contribution < 1.29 is 24.2 Å². The van der Waals surface area contributed by atoms with Gasteiger partial charge in [0.15, 0.2) is 0 Å². The fraction of sp³-hybridized carbons (Fsp3) is 0.382. The van der Waals surface area contributed by atoms with Crippen LogP contribution in [0.4, 0.5) is 4.79 Å². The fourth-order valence-corrected chi connectivity index (χ4v) is 6.86. The smallest absolute Gasteiger partial charge is 0.408 e. The first-order valence-electron chi connectivity index (χ1n) is 14.9. The number of amides is 2. The van der Waals surface area contributed by atoms with Gasteiger partial charge in [-0.25, -0.2) is 9.59 Å². The van der Waals surface area contributed by atoms with Gasteiger partial charge in [-0.15, -0.1) is 0 Å². The molecule has 0 saturated carbocycles. The molecule has 3 aromatic rings. The molecule has 0 aromatic heterocycles. The summed E-state index contributed by atoms with van der Waals surface area (Å²) in [6.45, 7) is 2.45. The van der Waals surface area contributed by atoms with Gasteiger partial charge in [-0.3, -0.25) is 9.69 Å². The van der Waals surface area contributed by atoms with Crippen LogP contribution in [0.5, 0.6) is 0 Å². The Hall–Kier alpha value is -4.17. The van der Waals surface area contributed by atoms with E-state index in [4.69, 9.17) is 4.74 Å². The number of aliphatic carboxylic acids is 1. The molecule has 0 bridgehead atoms. The normalized spacial score (nSPS) is 19.9. The van der Waals surface area contributed by atoms with Gasteiger partial charge in [0.2, 0.25) is 5.91 Å². The Morgan fingerprint density at radius 1 is 0.833 bits per heavy atom. The highest BCUT2D eigenvalue weighted by Crippen LogP contribution is 2.44. The largest absolute Gasteiger partial charge is 0.480 e. The second kappa shape index (κ2) is 12.0. The second-order valence-corrected chi connectivity index (χ2v) is 11.6. The number of hydrogen-bond donors (Lipinski definition) is 2. The molecule has 1 unspecified atom stereocenters. The average molecular weight is 568 g/mol. The van der Waals surface area contributed by atoms with Crippen LogP contribution in [0.25, 0.3) is 11.1 Å². The van der Waals surface area contributed by atoms with Crippen LogP contribution in [0.1, 0.15) is 54.7 Å². The van der Waals surface area contributed by atoms with Crippen molar-refractivity contribution in [2.45, 2.75) is 56.1 Å². The molecular formula is C34H37N3O5. The number of rotatable bonds is 7. The first-order valence-corrected chi connectivity index (χ1v) is 14.9. The zero-order valence-corrected chi connectivity index (χ0v) is 23.7. The van der Waals surface area contributed by atoms with Gasteiger partial charge in [0.1, 0.15) is 18.2 Å². The third-order valence-electron chi connectivity index (χ3n) is 9.10. The molecule has 1 aliphatic carbocycles. The quantitative estimate of drug-likeness (QED) is 0.416. The SMILES string of the molecule is O=C(NC1(C(=O)N2CCCCC2C(=O)O)CCN(Cc2ccccc2)CC1)OCC1c2ccccc2-c2ccccc21. The Morgan fingerprint density at radius 3 is 2.10 bits per heavy atom. The summed E-state index contributed by atoms with van der Waals surface area (Å²) in [7, 11) is 0. The minimum Gasteiger partial charge on any atom is -0.480 e. The molecule has 3 aliphatic rings. The van der Waals surface area contributed by atoms with Crippen LogP contribution in [-0.2, 0) is 20.9 Å². The summed E-state index contributed by atoms with van der Waals surface area (Å²) in [5, 5.41) is 12.9. The monoisotopic (exact) mass is 567 g/mol. The highest BCUT2D eigenvalue weighted by molar-refractivity contribution is 5.93. The van der Waals surface area contributed by atoms with Crippen LogP contribution in [0.2, 0.25) is 0 Å². The van der Waals surface area contributed by atoms with Gasteiger partial charge < -0.3 is 20.1 Å². The maximum Gasteiger partial charge on any atom is 0.408 e. The number of nitrogens with one attached hydrogen (secondary N) is 1. The number of piperidine rings is 2. The molecule has 8 heteroatoms. The Balaban J connectivity index is 1.19. The van der Waals surface area contributed by atoms with Gasteiger partial charge in [0.25, 0.3) is 0 Å². The minimum atomic E-state index is -1.22. The average Bonchev–Trinajstić information content (AvgIpc) is 3.35. The molecule has 3 aromatic carbocycles. The summed E-state index contributed by atoms with van der Waals surface area (Å²) in [6, 6.07) is 25.6. The maximum atomic E-state index is 14.2. The van der Waals surface area contributed by atoms with Gasteiger partial charge in [-0.05, 0) is 59.9 Å². The number of fused-ring (bicyclic) bond motifs is 3. The Kier molecular flexibility index (Phi) is 7.98. The lowest BCUT2D eigenvalue weighted by Gasteiger charge is -2.45. The van der Waals surface area contributed by atoms with E-state index in [1.54, 1.807) is 0 Å². The van der Waals surface area contributed by atoms with Crippen molar-refractivity contribution in [2.75, 3.05) is 26.2 Å². The van der Waals surface area contributed by atoms with Crippen molar-refractivity contribution in [1.29, 1.82) is 0 Å². The van der Waals surface area contributed by atoms with E-state index in [-0.39, 0.29) is 18.4 Å². The number of nitrogens with zero attached hydrogens (tertiary/aromatic N) is 2. The first-order chi connectivity index (χ1) is 20.4. The van der Waals surface area contributed by atoms with Crippen molar-refractivity contribution in [3.05, 3.63) is 95.6 Å². The molecule has 8 nitrogen and oxygen atoms in total. The topological polar surface area (TPSA) is 99.2 Å². The number of alkyl carbamates (subject to hydrolysis) is 1. The maximum absolute atomic E-state index is 14.2. The fourth-order valence-electron chi connectivity index (χ4n) is 6.86. The zero-order chi connectivity index (χ0) is 29.1. The predicted molar refractivity (Wildman–Crippen MR) is 159 cm³/mol. The standard InChI is InChI=1S/C34H37N3O5/c38-31(39)30-16-8-9-19-37(30)32(40)34(17-20-36(21-18-34)22-24-10-2-1-3-11-24)35-33(41)42-23-29-27-14-6-4-12-25(27)26-13-5-7-15-28(26)29/h1-7,10-15,29-30H,8-9,16-23H2,(H,35,41)(H,38,39). The molecule has 6 rings (SSSR count). The van der Waals surface area contributed by atoms with Crippen LogP contribution in [-0.4, -0.2) is 70.7 Å². The van der Waals surface area contributed by atoms with Crippen LogP contribution in [0.15, 0.2) is 78.9 Å². The molecule has 2 saturated heterocycles. The van der Waals surface area contributed by atoms with Crippen LogP contribution >= 0.6 is 0 Å². The molecular weight excluding hydrogens is 530 g/mol. The summed E-state index contributed by atoms with van der Waals surface area (Å²) in [6.07, 6.45) is 2.04. The molecule has 0 radical (unpaired) electrons. The Morgan fingerprint density at radius 2 is 1.45 bits per heavy atom. The summed E-state index contributed by atoms with van der Waals surface area (Å²) < 4.78 is 5.85. The Labute approximate surface area is 246 Å². The van der Waals surface area contributed by atoms with Crippen molar-refractivity contribution in [3.8, 4) is 11.1 Å². The molecule has 2 aliphatic heterocycles. The highest BCUT2D eigenvalue weighted by atomic mass is 16.5. The van der Waals surface area contributed by atoms with E-state index in [2.05, 4.69) is 46.6 Å². The van der Waals surface area contributed by atoms with Crippen molar-refractivity contribution in [3.63, 3.8) is 0 Å². The number of carboxylic acids is 1. The summed E-state index contributed by atoms with van der Waals surface area (Å²) >= 11 is 0. The molecule has 2 heterocycles. The van der Waals surface area contributed by atoms with E-state index in [9.17, 15) is 19.5 Å². The molecule has 2 fully saturated rings. The van der Waals surface area contributed by atoms with Gasteiger partial charge in [0.05, 0.1) is 0 Å². The summed E-state index contributed by atoms with van der Waals surface area (Å²) in [4.78, 5) is 43.4. The van der Waals surface area contributed by atoms with Crippen molar-refractivity contribution in [2.24, 2.45) is 0 Å². The summed E-state index contributed by atoms with van der Waals surface area (Å²) in [5.74, 6) is -1.41. The number of likely N-dealkylation sites (tertiary alicyclic amines) is 2. The minimum absolute atomic E-state index is 0.0963. The van der Waals surface area contributed by atoms with E-state index in [0.29, 0.717) is 38.9 Å². The zero-order valence-electron chi connectivity index (χ0n) is 23.7. The number of ether oxygens (including phenoxy) is 1. The number of benzene rings is 3. The number of carbonyl (C=O) groups excluding carboxylic acids is 2. The van der Waals surface area contributed by atoms with Gasteiger partial charge in [-0.1, -0.05) is 78.9 Å². The lowest BCUT2D eigenvalue weighted by molar-refractivity contribution is -0.156. The van der Waals surface area contributed by atoms with Crippen LogP contribution < -0.4 is 5.32 Å². The number of carboxylic acid groups (broad SMARTS) is 1. The molecule has 0 spiro atoms. The molecule has 2 N–H and O–H groups in total. The van der Waals surface area contributed by atoms with E-state index in [1.165, 1.54) is 10.5 Å². The second-order valence-electron chi connectivity index (χ2n) is 11.6. The summed E-state index contributed by atoms with van der Waals surface area (Å²) in [5.41, 5.74) is 4.48. The van der Waals surface area contributed by atoms with Gasteiger partial charge >= 0.3 is 12.1 Å². The van der Waals surface area contributed by atoms with E-state index in [1.807, 2.05) is 42.5 Å². The number of hydrogen-bond acceptors (Lipinski definition) is 5. The molecule has 1 atom stereocenters. The number of carbonyl (C=O) groups is 3. The third kappa shape index (κ3) is 5.51. The third-order valence-corrected chi connectivity index (χ3v) is 9.10. The van der Waals surface area contributed by atoms with E-state index >= 15 is 0 Å². The first kappa shape index (κ1) is 28.0. The van der Waals surface area contributed by atoms with Crippen molar-refractivity contribution in [1.82, 2.24) is 15.1 Å².